The van der Waals surface area contributed by atoms with E-state index in [0.717, 1.165) is 0 Å². The third kappa shape index (κ3) is 3.83. The quantitative estimate of drug-likeness (QED) is 0.387. The molecule has 130 valence electrons. The highest BCUT2D eigenvalue weighted by atomic mass is 19.1. The lowest BCUT2D eigenvalue weighted by molar-refractivity contribution is -0.115. The smallest absolute Gasteiger partial charge is 0.181 e. The Kier molecular flexibility index (Phi) is 5.17. The molecule has 0 aliphatic carbocycles. The first-order chi connectivity index (χ1) is 12.6. The average molecular weight is 348 g/mol. The highest BCUT2D eigenvalue weighted by Gasteiger charge is 2.30. The van der Waals surface area contributed by atoms with Gasteiger partial charge in [-0.05, 0) is 23.8 Å². The molecule has 0 spiro atoms. The molecule has 4 nitrogen and oxygen atoms in total. The number of hydrogen-bond acceptors (Lipinski definition) is 3. The van der Waals surface area contributed by atoms with Gasteiger partial charge in [0.25, 0.3) is 0 Å². The zero-order valence-corrected chi connectivity index (χ0v) is 14.2. The number of rotatable bonds is 6. The second-order valence-corrected chi connectivity index (χ2v) is 5.85. The number of carbonyl (C=O) groups is 2. The number of halogens is 1. The molecule has 5 heteroatoms. The van der Waals surface area contributed by atoms with Gasteiger partial charge in [0.2, 0.25) is 0 Å². The molecule has 1 aromatic heterocycles. The van der Waals surface area contributed by atoms with Crippen molar-refractivity contribution in [1.29, 1.82) is 0 Å². The third-order valence-corrected chi connectivity index (χ3v) is 4.03. The SMILES string of the molecule is Cn1ccnc1C(C(=O)/C=C/c1ccc(F)cc1)C(=O)c1ccccc1. The predicted molar refractivity (Wildman–Crippen MR) is 97.2 cm³/mol. The number of imidazole rings is 1. The fourth-order valence-electron chi connectivity index (χ4n) is 2.65. The summed E-state index contributed by atoms with van der Waals surface area (Å²) in [5.74, 6) is -1.69. The van der Waals surface area contributed by atoms with Crippen molar-refractivity contribution in [3.63, 3.8) is 0 Å². The molecule has 0 radical (unpaired) electrons. The maximum absolute atomic E-state index is 13.0. The van der Waals surface area contributed by atoms with Gasteiger partial charge in [0.05, 0.1) is 0 Å². The highest BCUT2D eigenvalue weighted by Crippen LogP contribution is 2.22. The van der Waals surface area contributed by atoms with Crippen molar-refractivity contribution in [2.24, 2.45) is 7.05 Å². The predicted octanol–water partition coefficient (Wildman–Crippen LogP) is 3.81. The number of benzene rings is 2. The van der Waals surface area contributed by atoms with Crippen molar-refractivity contribution >= 4 is 17.6 Å². The van der Waals surface area contributed by atoms with Gasteiger partial charge in [-0.1, -0.05) is 48.5 Å². The van der Waals surface area contributed by atoms with Crippen LogP contribution in [0.3, 0.4) is 0 Å². The molecule has 1 unspecified atom stereocenters. The van der Waals surface area contributed by atoms with E-state index in [9.17, 15) is 14.0 Å². The van der Waals surface area contributed by atoms with Crippen LogP contribution in [-0.2, 0) is 11.8 Å². The monoisotopic (exact) mass is 348 g/mol. The van der Waals surface area contributed by atoms with Crippen LogP contribution < -0.4 is 0 Å². The standard InChI is InChI=1S/C21H17FN2O2/c1-24-14-13-23-21(24)19(20(26)16-5-3-2-4-6-16)18(25)12-9-15-7-10-17(22)11-8-15/h2-14,19H,1H3/b12-9+. The first-order valence-corrected chi connectivity index (χ1v) is 8.10. The van der Waals surface area contributed by atoms with Crippen molar-refractivity contribution in [2.75, 3.05) is 0 Å². The van der Waals surface area contributed by atoms with Gasteiger partial charge < -0.3 is 4.57 Å². The minimum Gasteiger partial charge on any atom is -0.337 e. The summed E-state index contributed by atoms with van der Waals surface area (Å²) in [6.45, 7) is 0. The van der Waals surface area contributed by atoms with Gasteiger partial charge in [-0.25, -0.2) is 9.37 Å². The number of ketones is 2. The lowest BCUT2D eigenvalue weighted by Gasteiger charge is -2.13. The minimum atomic E-state index is -1.03. The Hall–Kier alpha value is -3.34. The molecule has 3 aromatic rings. The fraction of sp³-hybridized carbons (Fsp3) is 0.0952. The van der Waals surface area contributed by atoms with E-state index in [-0.39, 0.29) is 17.4 Å². The summed E-state index contributed by atoms with van der Waals surface area (Å²) in [4.78, 5) is 29.9. The molecule has 0 amide bonds. The third-order valence-electron chi connectivity index (χ3n) is 4.03. The van der Waals surface area contributed by atoms with Gasteiger partial charge >= 0.3 is 0 Å². The molecule has 3 rings (SSSR count). The van der Waals surface area contributed by atoms with Crippen LogP contribution in [0.1, 0.15) is 27.7 Å². The Labute approximate surface area is 150 Å². The summed E-state index contributed by atoms with van der Waals surface area (Å²) in [5.41, 5.74) is 1.12. The van der Waals surface area contributed by atoms with Crippen LogP contribution in [0.15, 0.2) is 73.1 Å². The number of allylic oxidation sites excluding steroid dienone is 1. The Morgan fingerprint density at radius 2 is 1.77 bits per heavy atom. The lowest BCUT2D eigenvalue weighted by Crippen LogP contribution is -2.24. The molecule has 0 saturated carbocycles. The Balaban J connectivity index is 1.93. The van der Waals surface area contributed by atoms with Crippen LogP contribution in [0.2, 0.25) is 0 Å². The molecular weight excluding hydrogens is 331 g/mol. The van der Waals surface area contributed by atoms with Gasteiger partial charge in [-0.2, -0.15) is 0 Å². The van der Waals surface area contributed by atoms with Crippen molar-refractivity contribution in [1.82, 2.24) is 9.55 Å². The zero-order chi connectivity index (χ0) is 18.5. The number of Topliss-reactive ketones (excluding diaryl/α,β-unsaturated/α-hetero) is 1. The summed E-state index contributed by atoms with van der Waals surface area (Å²) in [6, 6.07) is 14.4. The van der Waals surface area contributed by atoms with Crippen LogP contribution in [0.5, 0.6) is 0 Å². The molecule has 0 N–H and O–H groups in total. The highest BCUT2D eigenvalue weighted by molar-refractivity contribution is 6.18. The second-order valence-electron chi connectivity index (χ2n) is 5.85. The number of nitrogens with zero attached hydrogens (tertiary/aromatic N) is 2. The van der Waals surface area contributed by atoms with E-state index in [1.54, 1.807) is 66.5 Å². The van der Waals surface area contributed by atoms with Crippen molar-refractivity contribution in [2.45, 2.75) is 5.92 Å². The molecule has 26 heavy (non-hydrogen) atoms. The van der Waals surface area contributed by atoms with Crippen LogP contribution in [0.4, 0.5) is 4.39 Å². The molecule has 2 aromatic carbocycles. The molecule has 0 bridgehead atoms. The number of aryl methyl sites for hydroxylation is 1. The van der Waals surface area contributed by atoms with Crippen molar-refractivity contribution in [3.8, 4) is 0 Å². The molecule has 0 aliphatic heterocycles. The average Bonchev–Trinajstić information content (AvgIpc) is 3.08. The van der Waals surface area contributed by atoms with Crippen molar-refractivity contribution < 1.29 is 14.0 Å². The van der Waals surface area contributed by atoms with E-state index in [2.05, 4.69) is 4.98 Å². The lowest BCUT2D eigenvalue weighted by atomic mass is 9.92. The molecule has 1 heterocycles. The second kappa shape index (κ2) is 7.70. The molecule has 1 atom stereocenters. The zero-order valence-electron chi connectivity index (χ0n) is 14.2. The molecule has 0 fully saturated rings. The summed E-state index contributed by atoms with van der Waals surface area (Å²) in [5, 5.41) is 0. The van der Waals surface area contributed by atoms with Gasteiger partial charge in [-0.15, -0.1) is 0 Å². The largest absolute Gasteiger partial charge is 0.337 e. The van der Waals surface area contributed by atoms with Crippen LogP contribution in [0.25, 0.3) is 6.08 Å². The van der Waals surface area contributed by atoms with E-state index in [1.165, 1.54) is 18.2 Å². The van der Waals surface area contributed by atoms with E-state index in [4.69, 9.17) is 0 Å². The molecule has 0 aliphatic rings. The molecular formula is C21H17FN2O2. The number of hydrogen-bond donors (Lipinski definition) is 0. The van der Waals surface area contributed by atoms with Crippen LogP contribution >= 0.6 is 0 Å². The van der Waals surface area contributed by atoms with Crippen molar-refractivity contribution in [3.05, 3.63) is 95.8 Å². The van der Waals surface area contributed by atoms with Gasteiger partial charge in [0.1, 0.15) is 17.6 Å². The van der Waals surface area contributed by atoms with Gasteiger partial charge in [0.15, 0.2) is 11.6 Å². The summed E-state index contributed by atoms with van der Waals surface area (Å²) in [6.07, 6.45) is 6.15. The topological polar surface area (TPSA) is 52.0 Å². The minimum absolute atomic E-state index is 0.311. The summed E-state index contributed by atoms with van der Waals surface area (Å²) < 4.78 is 14.7. The summed E-state index contributed by atoms with van der Waals surface area (Å²) in [7, 11) is 1.74. The Morgan fingerprint density at radius 3 is 2.38 bits per heavy atom. The van der Waals surface area contributed by atoms with Gasteiger partial charge in [0, 0.05) is 25.0 Å². The van der Waals surface area contributed by atoms with E-state index in [0.29, 0.717) is 17.0 Å². The maximum Gasteiger partial charge on any atom is 0.181 e. The van der Waals surface area contributed by atoms with Crippen LogP contribution in [-0.4, -0.2) is 21.1 Å². The van der Waals surface area contributed by atoms with E-state index in [1.807, 2.05) is 6.07 Å². The maximum atomic E-state index is 13.0. The van der Waals surface area contributed by atoms with E-state index >= 15 is 0 Å². The Morgan fingerprint density at radius 1 is 1.08 bits per heavy atom. The first-order valence-electron chi connectivity index (χ1n) is 8.10. The molecule has 0 saturated heterocycles. The van der Waals surface area contributed by atoms with Gasteiger partial charge in [-0.3, -0.25) is 9.59 Å². The Bertz CT molecular complexity index is 944. The number of carbonyl (C=O) groups excluding carboxylic acids is 2. The summed E-state index contributed by atoms with van der Waals surface area (Å²) >= 11 is 0. The van der Waals surface area contributed by atoms with E-state index < -0.39 is 5.92 Å². The normalized spacial score (nSPS) is 12.2. The first kappa shape index (κ1) is 17.5. The number of aromatic nitrogens is 2. The van der Waals surface area contributed by atoms with Crippen LogP contribution in [0, 0.1) is 5.82 Å². The fourth-order valence-corrected chi connectivity index (χ4v) is 2.65.